The van der Waals surface area contributed by atoms with E-state index in [1.165, 1.54) is 12.5 Å². The summed E-state index contributed by atoms with van der Waals surface area (Å²) in [5, 5.41) is 0.0532. The van der Waals surface area contributed by atoms with Crippen LogP contribution in [-0.2, 0) is 10.0 Å². The first-order valence-corrected chi connectivity index (χ1v) is 7.08. The van der Waals surface area contributed by atoms with Gasteiger partial charge in [-0.2, -0.15) is 8.42 Å². The fourth-order valence-corrected chi connectivity index (χ4v) is 2.52. The van der Waals surface area contributed by atoms with Crippen LogP contribution < -0.4 is 4.72 Å². The predicted molar refractivity (Wildman–Crippen MR) is 69.9 cm³/mol. The monoisotopic (exact) mass is 265 g/mol. The summed E-state index contributed by atoms with van der Waals surface area (Å²) in [5.74, 6) is 0.349. The second-order valence-electron chi connectivity index (χ2n) is 4.30. The molecule has 0 bridgehead atoms. The molecule has 0 atom stereocenters. The number of benzene rings is 1. The molecule has 0 spiro atoms. The summed E-state index contributed by atoms with van der Waals surface area (Å²) in [7, 11) is -3.58. The number of sulfonamides is 1. The summed E-state index contributed by atoms with van der Waals surface area (Å²) in [6.07, 6.45) is 2.60. The third kappa shape index (κ3) is 2.70. The normalized spacial score (nSPS) is 11.7. The van der Waals surface area contributed by atoms with Crippen LogP contribution in [0.1, 0.15) is 25.3 Å². The third-order valence-corrected chi connectivity index (χ3v) is 3.87. The molecule has 18 heavy (non-hydrogen) atoms. The summed E-state index contributed by atoms with van der Waals surface area (Å²) in [4.78, 5) is 6.27. The minimum absolute atomic E-state index is 0.0532. The molecule has 96 valence electrons. The lowest BCUT2D eigenvalue weighted by Gasteiger charge is -2.10. The van der Waals surface area contributed by atoms with E-state index in [1.807, 2.05) is 18.2 Å². The number of rotatable bonds is 4. The smallest absolute Gasteiger partial charge is 0.278 e. The van der Waals surface area contributed by atoms with Crippen molar-refractivity contribution in [2.24, 2.45) is 0 Å². The number of aromatic nitrogens is 2. The van der Waals surface area contributed by atoms with E-state index in [9.17, 15) is 8.42 Å². The lowest BCUT2D eigenvalue weighted by Crippen LogP contribution is -2.13. The Morgan fingerprint density at radius 1 is 1.33 bits per heavy atom. The van der Waals surface area contributed by atoms with Gasteiger partial charge in [-0.25, -0.2) is 4.98 Å². The highest BCUT2D eigenvalue weighted by Crippen LogP contribution is 2.20. The fourth-order valence-electron chi connectivity index (χ4n) is 1.56. The van der Waals surface area contributed by atoms with Gasteiger partial charge in [-0.05, 0) is 23.6 Å². The van der Waals surface area contributed by atoms with E-state index in [4.69, 9.17) is 0 Å². The maximum Gasteiger partial charge on any atom is 0.278 e. The molecule has 0 saturated heterocycles. The predicted octanol–water partition coefficient (Wildman–Crippen LogP) is 2.33. The van der Waals surface area contributed by atoms with E-state index >= 15 is 0 Å². The number of nitrogens with one attached hydrogen (secondary N) is 2. The number of hydrogen-bond donors (Lipinski definition) is 2. The molecule has 0 radical (unpaired) electrons. The van der Waals surface area contributed by atoms with Gasteiger partial charge in [-0.1, -0.05) is 26.0 Å². The van der Waals surface area contributed by atoms with Gasteiger partial charge in [0.05, 0.1) is 12.5 Å². The number of hydrogen-bond acceptors (Lipinski definition) is 3. The van der Waals surface area contributed by atoms with Crippen LogP contribution in [0.25, 0.3) is 0 Å². The Kier molecular flexibility index (Phi) is 3.38. The summed E-state index contributed by atoms with van der Waals surface area (Å²) >= 11 is 0. The Labute approximate surface area is 106 Å². The van der Waals surface area contributed by atoms with Crippen molar-refractivity contribution in [3.8, 4) is 0 Å². The highest BCUT2D eigenvalue weighted by molar-refractivity contribution is 7.92. The highest BCUT2D eigenvalue weighted by Gasteiger charge is 2.15. The van der Waals surface area contributed by atoms with E-state index in [2.05, 4.69) is 28.5 Å². The Morgan fingerprint density at radius 2 is 2.11 bits per heavy atom. The van der Waals surface area contributed by atoms with Crippen LogP contribution in [0.4, 0.5) is 5.69 Å². The average molecular weight is 265 g/mol. The Bertz CT molecular complexity index is 619. The molecule has 0 fully saturated rings. The standard InChI is InChI=1S/C12H15N3O2S/c1-9(2)10-4-3-5-11(6-10)15-18(16,17)12-7-13-8-14-12/h3-9,15H,1-2H3,(H,13,14). The molecule has 0 saturated carbocycles. The SMILES string of the molecule is CC(C)c1cccc(NS(=O)(=O)c2cnc[nH]2)c1. The lowest BCUT2D eigenvalue weighted by molar-refractivity contribution is 0.598. The van der Waals surface area contributed by atoms with Crippen molar-refractivity contribution in [3.63, 3.8) is 0 Å². The fraction of sp³-hybridized carbons (Fsp3) is 0.250. The summed E-state index contributed by atoms with van der Waals surface area (Å²) in [6, 6.07) is 7.36. The third-order valence-electron chi connectivity index (χ3n) is 2.57. The van der Waals surface area contributed by atoms with Gasteiger partial charge in [0.15, 0.2) is 5.03 Å². The molecule has 1 aromatic heterocycles. The quantitative estimate of drug-likeness (QED) is 0.891. The summed E-state index contributed by atoms with van der Waals surface area (Å²) in [5.41, 5.74) is 1.63. The van der Waals surface area contributed by atoms with Crippen molar-refractivity contribution < 1.29 is 8.42 Å². The molecule has 0 amide bonds. The van der Waals surface area contributed by atoms with Crippen LogP contribution >= 0.6 is 0 Å². The van der Waals surface area contributed by atoms with Crippen LogP contribution in [0, 0.1) is 0 Å². The molecule has 2 aromatic rings. The van der Waals surface area contributed by atoms with Gasteiger partial charge in [0.1, 0.15) is 0 Å². The molecule has 1 heterocycles. The van der Waals surface area contributed by atoms with Crippen LogP contribution in [-0.4, -0.2) is 18.4 Å². The second kappa shape index (κ2) is 4.81. The van der Waals surface area contributed by atoms with E-state index in [-0.39, 0.29) is 5.03 Å². The number of anilines is 1. The van der Waals surface area contributed by atoms with Crippen molar-refractivity contribution in [1.82, 2.24) is 9.97 Å². The van der Waals surface area contributed by atoms with Crippen molar-refractivity contribution in [2.45, 2.75) is 24.8 Å². The Balaban J connectivity index is 2.27. The van der Waals surface area contributed by atoms with Crippen molar-refractivity contribution in [2.75, 3.05) is 4.72 Å². The van der Waals surface area contributed by atoms with Crippen molar-refractivity contribution in [3.05, 3.63) is 42.4 Å². The number of H-pyrrole nitrogens is 1. The largest absolute Gasteiger partial charge is 0.334 e. The molecule has 0 aliphatic rings. The minimum Gasteiger partial charge on any atom is -0.334 e. The molecular weight excluding hydrogens is 250 g/mol. The van der Waals surface area contributed by atoms with E-state index < -0.39 is 10.0 Å². The van der Waals surface area contributed by atoms with Crippen LogP contribution in [0.15, 0.2) is 41.8 Å². The van der Waals surface area contributed by atoms with Gasteiger partial charge in [-0.15, -0.1) is 0 Å². The summed E-state index contributed by atoms with van der Waals surface area (Å²) < 4.78 is 26.4. The zero-order chi connectivity index (χ0) is 13.2. The first kappa shape index (κ1) is 12.6. The van der Waals surface area contributed by atoms with Gasteiger partial charge in [0, 0.05) is 5.69 Å². The van der Waals surface area contributed by atoms with Gasteiger partial charge >= 0.3 is 0 Å². The Morgan fingerprint density at radius 3 is 2.72 bits per heavy atom. The van der Waals surface area contributed by atoms with E-state index in [0.717, 1.165) is 5.56 Å². The second-order valence-corrected chi connectivity index (χ2v) is 5.95. The molecule has 0 unspecified atom stereocenters. The first-order valence-electron chi connectivity index (χ1n) is 5.60. The van der Waals surface area contributed by atoms with Crippen LogP contribution in [0.2, 0.25) is 0 Å². The van der Waals surface area contributed by atoms with Crippen LogP contribution in [0.3, 0.4) is 0 Å². The van der Waals surface area contributed by atoms with Crippen molar-refractivity contribution >= 4 is 15.7 Å². The van der Waals surface area contributed by atoms with Gasteiger partial charge in [0.25, 0.3) is 10.0 Å². The molecule has 0 aliphatic heterocycles. The number of aromatic amines is 1. The highest BCUT2D eigenvalue weighted by atomic mass is 32.2. The summed E-state index contributed by atoms with van der Waals surface area (Å²) in [6.45, 7) is 4.12. The van der Waals surface area contributed by atoms with Gasteiger partial charge in [-0.3, -0.25) is 4.72 Å². The lowest BCUT2D eigenvalue weighted by atomic mass is 10.0. The maximum atomic E-state index is 12.0. The van der Waals surface area contributed by atoms with Gasteiger partial charge in [0.2, 0.25) is 0 Å². The zero-order valence-corrected chi connectivity index (χ0v) is 11.0. The molecule has 1 aromatic carbocycles. The maximum absolute atomic E-state index is 12.0. The Hall–Kier alpha value is -1.82. The molecular formula is C12H15N3O2S. The molecule has 5 nitrogen and oxygen atoms in total. The molecule has 2 rings (SSSR count). The molecule has 2 N–H and O–H groups in total. The minimum atomic E-state index is -3.58. The molecule has 0 aliphatic carbocycles. The van der Waals surface area contributed by atoms with E-state index in [1.54, 1.807) is 6.07 Å². The average Bonchev–Trinajstić information content (AvgIpc) is 2.82. The van der Waals surface area contributed by atoms with E-state index in [0.29, 0.717) is 11.6 Å². The van der Waals surface area contributed by atoms with Crippen LogP contribution in [0.5, 0.6) is 0 Å². The topological polar surface area (TPSA) is 74.8 Å². The number of nitrogens with zero attached hydrogens (tertiary/aromatic N) is 1. The number of imidazole rings is 1. The van der Waals surface area contributed by atoms with Gasteiger partial charge < -0.3 is 4.98 Å². The molecule has 6 heteroatoms. The first-order chi connectivity index (χ1) is 8.49. The zero-order valence-electron chi connectivity index (χ0n) is 10.2. The van der Waals surface area contributed by atoms with Crippen molar-refractivity contribution in [1.29, 1.82) is 0 Å².